The Balaban J connectivity index is 1.74. The molecule has 2 aliphatic rings. The average molecular weight is 429 g/mol. The van der Waals surface area contributed by atoms with Gasteiger partial charge in [-0.2, -0.15) is 0 Å². The van der Waals surface area contributed by atoms with Crippen molar-refractivity contribution in [2.24, 2.45) is 11.8 Å². The van der Waals surface area contributed by atoms with Gasteiger partial charge in [0.1, 0.15) is 0 Å². The molecule has 1 aromatic carbocycles. The van der Waals surface area contributed by atoms with Crippen molar-refractivity contribution >= 4 is 16.9 Å². The average Bonchev–Trinajstić information content (AvgIpc) is 3.15. The topological polar surface area (TPSA) is 81.8 Å². The summed E-state index contributed by atoms with van der Waals surface area (Å²) in [7, 11) is 4.73. The van der Waals surface area contributed by atoms with E-state index < -0.39 is 0 Å². The third kappa shape index (κ3) is 3.76. The van der Waals surface area contributed by atoms with Gasteiger partial charge in [0.25, 0.3) is 0 Å². The van der Waals surface area contributed by atoms with Crippen LogP contribution in [0.4, 0.5) is 0 Å². The first-order chi connectivity index (χ1) is 15.0. The van der Waals surface area contributed by atoms with Crippen molar-refractivity contribution in [2.45, 2.75) is 45.3 Å². The highest BCUT2D eigenvalue weighted by Gasteiger charge is 2.42. The Kier molecular flexibility index (Phi) is 6.14. The molecular weight excluding hydrogens is 396 g/mol. The maximum atomic E-state index is 12.4. The molecule has 0 spiro atoms. The van der Waals surface area contributed by atoms with Gasteiger partial charge in [0, 0.05) is 47.1 Å². The minimum Gasteiger partial charge on any atom is -0.497 e. The highest BCUT2D eigenvalue weighted by molar-refractivity contribution is 5.89. The molecule has 1 saturated heterocycles. The largest absolute Gasteiger partial charge is 0.497 e. The van der Waals surface area contributed by atoms with Gasteiger partial charge in [-0.1, -0.05) is 13.3 Å². The van der Waals surface area contributed by atoms with Crippen molar-refractivity contribution in [2.75, 3.05) is 27.9 Å². The molecule has 168 valence electrons. The van der Waals surface area contributed by atoms with Crippen molar-refractivity contribution in [1.82, 2.24) is 10.3 Å². The molecule has 1 aromatic heterocycles. The number of esters is 1. The van der Waals surface area contributed by atoms with E-state index >= 15 is 0 Å². The number of benzene rings is 1. The molecule has 0 bridgehead atoms. The number of aromatic amines is 1. The number of hydrogen-bond acceptors (Lipinski definition) is 6. The van der Waals surface area contributed by atoms with Crippen molar-refractivity contribution in [3.05, 3.63) is 35.2 Å². The number of ether oxygens (including phenoxy) is 4. The van der Waals surface area contributed by atoms with Crippen LogP contribution in [0.3, 0.4) is 0 Å². The fourth-order valence-electron chi connectivity index (χ4n) is 5.10. The van der Waals surface area contributed by atoms with Crippen LogP contribution in [0.15, 0.2) is 24.0 Å². The Morgan fingerprint density at radius 2 is 1.94 bits per heavy atom. The molecule has 0 aliphatic carbocycles. The smallest absolute Gasteiger partial charge is 0.337 e. The number of hydrogen-bond donors (Lipinski definition) is 2. The van der Waals surface area contributed by atoms with Crippen molar-refractivity contribution < 1.29 is 23.7 Å². The highest BCUT2D eigenvalue weighted by Crippen LogP contribution is 2.43. The molecule has 31 heavy (non-hydrogen) atoms. The molecule has 2 N–H and O–H groups in total. The molecule has 7 nitrogen and oxygen atoms in total. The monoisotopic (exact) mass is 428 g/mol. The molecule has 0 amide bonds. The lowest BCUT2D eigenvalue weighted by atomic mass is 9.74. The lowest BCUT2D eigenvalue weighted by molar-refractivity contribution is -0.138. The van der Waals surface area contributed by atoms with E-state index in [9.17, 15) is 4.79 Å². The van der Waals surface area contributed by atoms with E-state index in [2.05, 4.69) is 30.2 Å². The number of fused-ring (bicyclic) bond motifs is 2. The van der Waals surface area contributed by atoms with E-state index in [1.807, 2.05) is 6.07 Å². The summed E-state index contributed by atoms with van der Waals surface area (Å²) in [6, 6.07) is 4.16. The molecule has 0 saturated carbocycles. The number of carbonyl (C=O) groups excluding carboxylic acids is 1. The van der Waals surface area contributed by atoms with Crippen LogP contribution >= 0.6 is 0 Å². The van der Waals surface area contributed by atoms with Gasteiger partial charge in [-0.05, 0) is 31.4 Å². The molecule has 4 rings (SSSR count). The summed E-state index contributed by atoms with van der Waals surface area (Å²) in [5.74, 6) is 1.45. The summed E-state index contributed by atoms with van der Waals surface area (Å²) in [4.78, 5) is 16.0. The van der Waals surface area contributed by atoms with Crippen LogP contribution in [-0.2, 0) is 20.7 Å². The van der Waals surface area contributed by atoms with Gasteiger partial charge >= 0.3 is 5.97 Å². The standard InChI is InChI=1S/C24H32N2O5/c1-6-7-14-16-9-21(28-3)22(29-4)10-19(16)26-23(14)20-8-15-17(11-25-20)13(2)31-12-18(15)24(27)30-5/h9-10,12-13,15,17,20,25-26H,6-8,11H2,1-5H3/t13-,15?,17-,20?/m1/s1. The normalized spacial score (nSPS) is 25.4. The van der Waals surface area contributed by atoms with Gasteiger partial charge in [-0.15, -0.1) is 0 Å². The van der Waals surface area contributed by atoms with Gasteiger partial charge in [-0.25, -0.2) is 4.79 Å². The van der Waals surface area contributed by atoms with Crippen molar-refractivity contribution in [1.29, 1.82) is 0 Å². The van der Waals surface area contributed by atoms with Crippen LogP contribution < -0.4 is 14.8 Å². The molecule has 2 unspecified atom stereocenters. The highest BCUT2D eigenvalue weighted by atomic mass is 16.5. The minimum absolute atomic E-state index is 0.0539. The minimum atomic E-state index is -0.303. The maximum absolute atomic E-state index is 12.4. The number of aryl methyl sites for hydroxylation is 1. The van der Waals surface area contributed by atoms with Crippen LogP contribution in [0, 0.1) is 11.8 Å². The number of rotatable bonds is 6. The second kappa shape index (κ2) is 8.83. The number of H-pyrrole nitrogens is 1. The first-order valence-electron chi connectivity index (χ1n) is 11.0. The van der Waals surface area contributed by atoms with Gasteiger partial charge in [0.15, 0.2) is 11.5 Å². The van der Waals surface area contributed by atoms with E-state index in [1.165, 1.54) is 18.4 Å². The van der Waals surface area contributed by atoms with E-state index in [1.54, 1.807) is 20.5 Å². The molecule has 3 heterocycles. The van der Waals surface area contributed by atoms with Crippen molar-refractivity contribution in [3.63, 3.8) is 0 Å². The molecule has 4 atom stereocenters. The third-order valence-corrected chi connectivity index (χ3v) is 6.73. The molecule has 7 heteroatoms. The van der Waals surface area contributed by atoms with Gasteiger partial charge in [0.2, 0.25) is 0 Å². The maximum Gasteiger partial charge on any atom is 0.337 e. The van der Waals surface area contributed by atoms with Crippen LogP contribution in [0.2, 0.25) is 0 Å². The van der Waals surface area contributed by atoms with E-state index in [0.717, 1.165) is 42.5 Å². The van der Waals surface area contributed by atoms with E-state index in [-0.39, 0.29) is 30.0 Å². The Bertz CT molecular complexity index is 996. The first-order valence-corrected chi connectivity index (χ1v) is 11.0. The Morgan fingerprint density at radius 3 is 2.61 bits per heavy atom. The fourth-order valence-corrected chi connectivity index (χ4v) is 5.10. The zero-order valence-electron chi connectivity index (χ0n) is 18.9. The zero-order chi connectivity index (χ0) is 22.1. The molecule has 2 aliphatic heterocycles. The Morgan fingerprint density at radius 1 is 1.19 bits per heavy atom. The molecule has 2 aromatic rings. The third-order valence-electron chi connectivity index (χ3n) is 6.73. The summed E-state index contributed by atoms with van der Waals surface area (Å²) >= 11 is 0. The second-order valence-corrected chi connectivity index (χ2v) is 8.39. The first kappa shape index (κ1) is 21.6. The lowest BCUT2D eigenvalue weighted by Gasteiger charge is -2.42. The van der Waals surface area contributed by atoms with E-state index in [4.69, 9.17) is 18.9 Å². The SMILES string of the molecule is CCCc1c(C2CC3C(C(=O)OC)=CO[C@H](C)[C@H]3CN2)[nH]c2cc(OC)c(OC)cc12. The van der Waals surface area contributed by atoms with E-state index in [0.29, 0.717) is 11.3 Å². The second-order valence-electron chi connectivity index (χ2n) is 8.39. The van der Waals surface area contributed by atoms with Crippen LogP contribution in [0.1, 0.15) is 44.0 Å². The van der Waals surface area contributed by atoms with Crippen LogP contribution in [0.5, 0.6) is 11.5 Å². The van der Waals surface area contributed by atoms with Gasteiger partial charge in [-0.3, -0.25) is 0 Å². The lowest BCUT2D eigenvalue weighted by Crippen LogP contribution is -2.47. The molecule has 0 radical (unpaired) electrons. The van der Waals surface area contributed by atoms with Gasteiger partial charge < -0.3 is 29.2 Å². The number of aromatic nitrogens is 1. The Labute approximate surface area is 183 Å². The molecule has 1 fully saturated rings. The number of piperidine rings is 1. The number of nitrogens with one attached hydrogen (secondary N) is 2. The molecular formula is C24H32N2O5. The fraction of sp³-hybridized carbons (Fsp3) is 0.542. The van der Waals surface area contributed by atoms with Gasteiger partial charge in [0.05, 0.1) is 39.3 Å². The summed E-state index contributed by atoms with van der Waals surface area (Å²) in [5.41, 5.74) is 4.13. The summed E-state index contributed by atoms with van der Waals surface area (Å²) in [5, 5.41) is 4.86. The summed E-state index contributed by atoms with van der Waals surface area (Å²) < 4.78 is 21.8. The summed E-state index contributed by atoms with van der Waals surface area (Å²) in [6.07, 6.45) is 4.45. The quantitative estimate of drug-likeness (QED) is 0.680. The predicted molar refractivity (Wildman–Crippen MR) is 118 cm³/mol. The zero-order valence-corrected chi connectivity index (χ0v) is 18.9. The number of carbonyl (C=O) groups is 1. The Hall–Kier alpha value is -2.67. The van der Waals surface area contributed by atoms with Crippen molar-refractivity contribution in [3.8, 4) is 11.5 Å². The number of methoxy groups -OCH3 is 3. The van der Waals surface area contributed by atoms with Crippen LogP contribution in [-0.4, -0.2) is 44.9 Å². The summed E-state index contributed by atoms with van der Waals surface area (Å²) in [6.45, 7) is 5.03. The predicted octanol–water partition coefficient (Wildman–Crippen LogP) is 3.88. The van der Waals surface area contributed by atoms with Crippen LogP contribution in [0.25, 0.3) is 10.9 Å².